The van der Waals surface area contributed by atoms with Crippen LogP contribution in [0.3, 0.4) is 0 Å². The van der Waals surface area contributed by atoms with Gasteiger partial charge in [0.25, 0.3) is 0 Å². The third-order valence-corrected chi connectivity index (χ3v) is 11.4. The van der Waals surface area contributed by atoms with Crippen LogP contribution in [-0.2, 0) is 15.6 Å². The van der Waals surface area contributed by atoms with Crippen molar-refractivity contribution in [3.8, 4) is 5.75 Å². The summed E-state index contributed by atoms with van der Waals surface area (Å²) in [4.78, 5) is 0. The maximum Gasteiger partial charge on any atom is 0.123 e. The summed E-state index contributed by atoms with van der Waals surface area (Å²) in [5.41, 5.74) is 4.19. The highest BCUT2D eigenvalue weighted by Crippen LogP contribution is 2.63. The average Bonchev–Trinajstić information content (AvgIpc) is 3.48. The fourth-order valence-electron chi connectivity index (χ4n) is 10.7. The Morgan fingerprint density at radius 1 is 0.688 bits per heavy atom. The fourth-order valence-corrected chi connectivity index (χ4v) is 10.7. The summed E-state index contributed by atoms with van der Waals surface area (Å²) in [6.45, 7) is 3.75. The Balaban J connectivity index is 1.21. The van der Waals surface area contributed by atoms with Crippen LogP contribution in [0.1, 0.15) is 95.1 Å². The normalized spacial score (nSPS) is 51.9. The molecule has 172 valence electrons. The highest BCUT2D eigenvalue weighted by atomic mass is 16.6. The number of hydrogen-bond acceptors (Lipinski definition) is 2. The van der Waals surface area contributed by atoms with E-state index >= 15 is 0 Å². The van der Waals surface area contributed by atoms with Crippen molar-refractivity contribution in [1.29, 1.82) is 0 Å². The summed E-state index contributed by atoms with van der Waals surface area (Å²) in [5.74, 6) is 7.11. The molecule has 8 saturated carbocycles. The zero-order valence-corrected chi connectivity index (χ0v) is 19.9. The van der Waals surface area contributed by atoms with Gasteiger partial charge in [0.1, 0.15) is 18.0 Å². The second-order valence-corrected chi connectivity index (χ2v) is 14.2. The lowest BCUT2D eigenvalue weighted by molar-refractivity contribution is -0.00858. The first kappa shape index (κ1) is 19.3. The summed E-state index contributed by atoms with van der Waals surface area (Å²) in [7, 11) is 0. The van der Waals surface area contributed by atoms with E-state index in [1.54, 1.807) is 11.1 Å². The summed E-state index contributed by atoms with van der Waals surface area (Å²) < 4.78 is 12.2. The standard InChI is InChI=1S/C30H40O2/c1-28(18-32-28)17-31-27-9-25(29-11-19-2-20(12-29)4-21(3-19)13-29)8-26(10-27)30-14-22-5-23(15-30)7-24(6-22)16-30/h8-10,19-24H,2-7,11-18H2,1H3. The van der Waals surface area contributed by atoms with E-state index < -0.39 is 0 Å². The SMILES string of the molecule is CC1(COc2cc(C34CC5CC(CC(C5)C3)C4)cc(C34CC5CC(CC(C5)C3)C4)c2)CO1. The molecule has 32 heavy (non-hydrogen) atoms. The predicted molar refractivity (Wildman–Crippen MR) is 126 cm³/mol. The number of ether oxygens (including phenoxy) is 2. The van der Waals surface area contributed by atoms with Crippen molar-refractivity contribution < 1.29 is 9.47 Å². The first-order chi connectivity index (χ1) is 15.5. The Bertz CT molecular complexity index is 807. The lowest BCUT2D eigenvalue weighted by atomic mass is 9.46. The third-order valence-electron chi connectivity index (χ3n) is 11.4. The van der Waals surface area contributed by atoms with Gasteiger partial charge in [-0.15, -0.1) is 0 Å². The molecule has 0 aromatic heterocycles. The molecule has 9 aliphatic rings. The summed E-state index contributed by atoms with van der Waals surface area (Å²) in [5, 5.41) is 0. The first-order valence-corrected chi connectivity index (χ1v) is 13.9. The van der Waals surface area contributed by atoms with Gasteiger partial charge in [0.15, 0.2) is 0 Å². The highest BCUT2D eigenvalue weighted by molar-refractivity contribution is 5.44. The van der Waals surface area contributed by atoms with Crippen LogP contribution in [0, 0.1) is 35.5 Å². The Kier molecular flexibility index (Phi) is 3.83. The molecule has 8 bridgehead atoms. The van der Waals surface area contributed by atoms with E-state index in [1.165, 1.54) is 77.0 Å². The Hall–Kier alpha value is -1.02. The lowest BCUT2D eigenvalue weighted by Gasteiger charge is -2.58. The third kappa shape index (κ3) is 2.93. The van der Waals surface area contributed by atoms with E-state index in [0.717, 1.165) is 47.9 Å². The summed E-state index contributed by atoms with van der Waals surface area (Å²) in [6.07, 6.45) is 17.8. The second-order valence-electron chi connectivity index (χ2n) is 14.2. The zero-order valence-electron chi connectivity index (χ0n) is 19.9. The fraction of sp³-hybridized carbons (Fsp3) is 0.800. The molecule has 9 fully saturated rings. The molecule has 1 unspecified atom stereocenters. The molecule has 2 nitrogen and oxygen atoms in total. The van der Waals surface area contributed by atoms with E-state index in [-0.39, 0.29) is 5.60 Å². The van der Waals surface area contributed by atoms with Crippen LogP contribution < -0.4 is 4.74 Å². The van der Waals surface area contributed by atoms with Gasteiger partial charge in [0.2, 0.25) is 0 Å². The van der Waals surface area contributed by atoms with Crippen LogP contribution in [0.15, 0.2) is 18.2 Å². The van der Waals surface area contributed by atoms with E-state index in [1.807, 2.05) is 0 Å². The second kappa shape index (κ2) is 6.35. The van der Waals surface area contributed by atoms with Crippen molar-refractivity contribution in [2.45, 2.75) is 100 Å². The van der Waals surface area contributed by atoms with E-state index in [0.29, 0.717) is 17.4 Å². The molecule has 1 saturated heterocycles. The van der Waals surface area contributed by atoms with Gasteiger partial charge in [0.05, 0.1) is 6.61 Å². The Morgan fingerprint density at radius 2 is 1.06 bits per heavy atom. The molecule has 2 heteroatoms. The molecule has 0 radical (unpaired) electrons. The van der Waals surface area contributed by atoms with Crippen LogP contribution >= 0.6 is 0 Å². The molecule has 0 amide bonds. The van der Waals surface area contributed by atoms with Crippen molar-refractivity contribution >= 4 is 0 Å². The largest absolute Gasteiger partial charge is 0.490 e. The van der Waals surface area contributed by atoms with E-state index in [2.05, 4.69) is 25.1 Å². The van der Waals surface area contributed by atoms with Gasteiger partial charge in [-0.1, -0.05) is 6.07 Å². The molecule has 1 aromatic rings. The molecule has 1 aromatic carbocycles. The van der Waals surface area contributed by atoms with Gasteiger partial charge < -0.3 is 9.47 Å². The van der Waals surface area contributed by atoms with Crippen molar-refractivity contribution in [3.05, 3.63) is 29.3 Å². The topological polar surface area (TPSA) is 21.8 Å². The molecule has 10 rings (SSSR count). The molecule has 8 aliphatic carbocycles. The number of epoxide rings is 1. The van der Waals surface area contributed by atoms with Crippen molar-refractivity contribution in [2.24, 2.45) is 35.5 Å². The summed E-state index contributed by atoms with van der Waals surface area (Å²) in [6, 6.07) is 7.72. The van der Waals surface area contributed by atoms with Gasteiger partial charge >= 0.3 is 0 Å². The van der Waals surface area contributed by atoms with Gasteiger partial charge in [0, 0.05) is 0 Å². The van der Waals surface area contributed by atoms with Crippen molar-refractivity contribution in [3.63, 3.8) is 0 Å². The molecule has 0 spiro atoms. The monoisotopic (exact) mass is 432 g/mol. The number of benzene rings is 1. The van der Waals surface area contributed by atoms with Gasteiger partial charge in [-0.3, -0.25) is 0 Å². The maximum atomic E-state index is 6.52. The van der Waals surface area contributed by atoms with E-state index in [9.17, 15) is 0 Å². The molecule has 0 N–H and O–H groups in total. The van der Waals surface area contributed by atoms with Crippen LogP contribution in [-0.4, -0.2) is 18.8 Å². The maximum absolute atomic E-state index is 6.52. The molecular formula is C30H40O2. The zero-order chi connectivity index (χ0) is 21.1. The predicted octanol–water partition coefficient (Wildman–Crippen LogP) is 6.79. The number of hydrogen-bond donors (Lipinski definition) is 0. The van der Waals surface area contributed by atoms with Crippen LogP contribution in [0.25, 0.3) is 0 Å². The van der Waals surface area contributed by atoms with Crippen LogP contribution in [0.2, 0.25) is 0 Å². The minimum atomic E-state index is -0.0441. The Labute approximate surface area is 193 Å². The first-order valence-electron chi connectivity index (χ1n) is 13.9. The lowest BCUT2D eigenvalue weighted by Crippen LogP contribution is -2.50. The smallest absolute Gasteiger partial charge is 0.123 e. The van der Waals surface area contributed by atoms with Gasteiger partial charge in [-0.25, -0.2) is 0 Å². The van der Waals surface area contributed by atoms with E-state index in [4.69, 9.17) is 9.47 Å². The van der Waals surface area contributed by atoms with Crippen molar-refractivity contribution in [1.82, 2.24) is 0 Å². The van der Waals surface area contributed by atoms with Crippen molar-refractivity contribution in [2.75, 3.05) is 13.2 Å². The number of rotatable bonds is 5. The molecule has 1 heterocycles. The van der Waals surface area contributed by atoms with Crippen LogP contribution in [0.4, 0.5) is 0 Å². The Morgan fingerprint density at radius 3 is 1.41 bits per heavy atom. The minimum Gasteiger partial charge on any atom is -0.490 e. The van der Waals surface area contributed by atoms with Gasteiger partial charge in [-0.05, 0) is 154 Å². The average molecular weight is 433 g/mol. The highest BCUT2D eigenvalue weighted by Gasteiger charge is 2.54. The molecule has 1 aliphatic heterocycles. The summed E-state index contributed by atoms with van der Waals surface area (Å²) >= 11 is 0. The molecular weight excluding hydrogens is 392 g/mol. The van der Waals surface area contributed by atoms with Crippen LogP contribution in [0.5, 0.6) is 5.75 Å². The minimum absolute atomic E-state index is 0.0441. The quantitative estimate of drug-likeness (QED) is 0.478. The molecule has 1 atom stereocenters. The van der Waals surface area contributed by atoms with Gasteiger partial charge in [-0.2, -0.15) is 0 Å².